The molecule has 24 heavy (non-hydrogen) atoms. The van der Waals surface area contributed by atoms with Gasteiger partial charge in [-0.2, -0.15) is 0 Å². The van der Waals surface area contributed by atoms with Gasteiger partial charge in [-0.25, -0.2) is 0 Å². The quantitative estimate of drug-likeness (QED) is 0.812. The standard InChI is InChI=1S/C19H21N3O2/c23-19(21-12-4-5-12)11-3-6-15-14(10-11)17-13(7-8-20-17)18(22-15)16-2-1-9-24-16/h1-3,6,9-10,12-13,17-18,20,22H,4-5,7-8H2,(H,21,23). The fraction of sp³-hybridized carbons (Fsp3) is 0.421. The number of anilines is 1. The molecule has 3 heterocycles. The topological polar surface area (TPSA) is 66.3 Å². The van der Waals surface area contributed by atoms with E-state index in [4.69, 9.17) is 4.42 Å². The van der Waals surface area contributed by atoms with Crippen LogP contribution in [0.4, 0.5) is 5.69 Å². The van der Waals surface area contributed by atoms with Crippen LogP contribution in [-0.2, 0) is 0 Å². The Kier molecular flexibility index (Phi) is 3.16. The molecule has 5 nitrogen and oxygen atoms in total. The van der Waals surface area contributed by atoms with Crippen LogP contribution in [0.15, 0.2) is 41.0 Å². The second kappa shape index (κ2) is 5.38. The molecule has 2 aromatic rings. The second-order valence-electron chi connectivity index (χ2n) is 7.07. The largest absolute Gasteiger partial charge is 0.467 e. The highest BCUT2D eigenvalue weighted by molar-refractivity contribution is 5.95. The number of fused-ring (bicyclic) bond motifs is 3. The molecule has 1 aromatic heterocycles. The summed E-state index contributed by atoms with van der Waals surface area (Å²) < 4.78 is 5.65. The maximum absolute atomic E-state index is 12.4. The first-order chi connectivity index (χ1) is 11.8. The van der Waals surface area contributed by atoms with Gasteiger partial charge in [0.25, 0.3) is 5.91 Å². The van der Waals surface area contributed by atoms with Gasteiger partial charge in [-0.15, -0.1) is 0 Å². The number of carbonyl (C=O) groups excluding carboxylic acids is 1. The van der Waals surface area contributed by atoms with Crippen LogP contribution in [0.25, 0.3) is 0 Å². The van der Waals surface area contributed by atoms with Crippen molar-refractivity contribution in [2.24, 2.45) is 5.92 Å². The highest BCUT2D eigenvalue weighted by Gasteiger charge is 2.41. The molecular formula is C19H21N3O2. The van der Waals surface area contributed by atoms with Crippen LogP contribution in [-0.4, -0.2) is 18.5 Å². The fourth-order valence-electron chi connectivity index (χ4n) is 4.04. The maximum Gasteiger partial charge on any atom is 0.251 e. The summed E-state index contributed by atoms with van der Waals surface area (Å²) in [6.07, 6.45) is 5.04. The summed E-state index contributed by atoms with van der Waals surface area (Å²) >= 11 is 0. The minimum Gasteiger partial charge on any atom is -0.467 e. The number of carbonyl (C=O) groups is 1. The zero-order valence-electron chi connectivity index (χ0n) is 13.4. The molecule has 3 aliphatic rings. The molecular weight excluding hydrogens is 302 g/mol. The van der Waals surface area contributed by atoms with E-state index in [-0.39, 0.29) is 18.0 Å². The first-order valence-corrected chi connectivity index (χ1v) is 8.78. The molecule has 3 unspecified atom stereocenters. The van der Waals surface area contributed by atoms with Crippen LogP contribution >= 0.6 is 0 Å². The van der Waals surface area contributed by atoms with E-state index in [0.29, 0.717) is 12.0 Å². The lowest BCUT2D eigenvalue weighted by Gasteiger charge is -2.36. The van der Waals surface area contributed by atoms with Crippen molar-refractivity contribution in [2.75, 3.05) is 11.9 Å². The Balaban J connectivity index is 1.49. The zero-order valence-corrected chi connectivity index (χ0v) is 13.4. The van der Waals surface area contributed by atoms with Crippen molar-refractivity contribution in [3.05, 3.63) is 53.5 Å². The van der Waals surface area contributed by atoms with E-state index in [2.05, 4.69) is 16.0 Å². The number of benzene rings is 1. The van der Waals surface area contributed by atoms with Crippen molar-refractivity contribution < 1.29 is 9.21 Å². The van der Waals surface area contributed by atoms with Gasteiger partial charge in [0, 0.05) is 29.3 Å². The lowest BCUT2D eigenvalue weighted by atomic mass is 9.82. The average Bonchev–Trinajstić information content (AvgIpc) is 3.07. The summed E-state index contributed by atoms with van der Waals surface area (Å²) in [7, 11) is 0. The molecule has 2 aliphatic heterocycles. The Hall–Kier alpha value is -2.27. The van der Waals surface area contributed by atoms with E-state index in [9.17, 15) is 4.79 Å². The predicted octanol–water partition coefficient (Wildman–Crippen LogP) is 2.99. The third-order valence-corrected chi connectivity index (χ3v) is 5.42. The molecule has 0 spiro atoms. The Morgan fingerprint density at radius 3 is 2.88 bits per heavy atom. The molecule has 1 saturated heterocycles. The van der Waals surface area contributed by atoms with Gasteiger partial charge in [0.05, 0.1) is 12.3 Å². The average molecular weight is 323 g/mol. The van der Waals surface area contributed by atoms with Crippen LogP contribution in [0, 0.1) is 5.92 Å². The fourth-order valence-corrected chi connectivity index (χ4v) is 4.04. The lowest BCUT2D eigenvalue weighted by molar-refractivity contribution is 0.0951. The molecule has 5 heteroatoms. The van der Waals surface area contributed by atoms with Gasteiger partial charge in [-0.1, -0.05) is 0 Å². The van der Waals surface area contributed by atoms with Crippen LogP contribution in [0.3, 0.4) is 0 Å². The first kappa shape index (κ1) is 14.1. The summed E-state index contributed by atoms with van der Waals surface area (Å²) in [5.74, 6) is 1.46. The molecule has 1 saturated carbocycles. The van der Waals surface area contributed by atoms with Gasteiger partial charge in [0.1, 0.15) is 5.76 Å². The van der Waals surface area contributed by atoms with Gasteiger partial charge in [-0.05, 0) is 61.7 Å². The highest BCUT2D eigenvalue weighted by atomic mass is 16.3. The van der Waals surface area contributed by atoms with Gasteiger partial charge in [-0.3, -0.25) is 4.79 Å². The molecule has 1 aliphatic carbocycles. The third kappa shape index (κ3) is 2.31. The highest BCUT2D eigenvalue weighted by Crippen LogP contribution is 2.47. The number of hydrogen-bond acceptors (Lipinski definition) is 4. The second-order valence-corrected chi connectivity index (χ2v) is 7.07. The maximum atomic E-state index is 12.4. The molecule has 0 bridgehead atoms. The van der Waals surface area contributed by atoms with Crippen molar-refractivity contribution in [2.45, 2.75) is 37.4 Å². The molecule has 5 rings (SSSR count). The molecule has 1 aromatic carbocycles. The molecule has 1 amide bonds. The van der Waals surface area contributed by atoms with Crippen molar-refractivity contribution in [1.29, 1.82) is 0 Å². The summed E-state index contributed by atoms with van der Waals surface area (Å²) in [6.45, 7) is 0.992. The van der Waals surface area contributed by atoms with E-state index >= 15 is 0 Å². The Labute approximate surface area is 140 Å². The number of nitrogens with one attached hydrogen (secondary N) is 3. The van der Waals surface area contributed by atoms with Gasteiger partial charge in [0.2, 0.25) is 0 Å². The molecule has 3 atom stereocenters. The van der Waals surface area contributed by atoms with Crippen LogP contribution < -0.4 is 16.0 Å². The van der Waals surface area contributed by atoms with Gasteiger partial charge >= 0.3 is 0 Å². The van der Waals surface area contributed by atoms with Crippen molar-refractivity contribution in [1.82, 2.24) is 10.6 Å². The van der Waals surface area contributed by atoms with E-state index in [1.807, 2.05) is 30.3 Å². The monoisotopic (exact) mass is 323 g/mol. The van der Waals surface area contributed by atoms with Crippen molar-refractivity contribution in [3.63, 3.8) is 0 Å². The number of furan rings is 1. The summed E-state index contributed by atoms with van der Waals surface area (Å²) in [5.41, 5.74) is 3.05. The first-order valence-electron chi connectivity index (χ1n) is 8.78. The van der Waals surface area contributed by atoms with E-state index in [1.54, 1.807) is 6.26 Å². The van der Waals surface area contributed by atoms with Gasteiger partial charge in [0.15, 0.2) is 0 Å². The normalized spacial score (nSPS) is 27.9. The molecule has 2 fully saturated rings. The number of amides is 1. The van der Waals surface area contributed by atoms with E-state index in [0.717, 1.165) is 42.8 Å². The van der Waals surface area contributed by atoms with E-state index in [1.165, 1.54) is 5.56 Å². The smallest absolute Gasteiger partial charge is 0.251 e. The van der Waals surface area contributed by atoms with Crippen LogP contribution in [0.5, 0.6) is 0 Å². The zero-order chi connectivity index (χ0) is 16.1. The minimum absolute atomic E-state index is 0.0444. The predicted molar refractivity (Wildman–Crippen MR) is 90.9 cm³/mol. The Morgan fingerprint density at radius 1 is 1.17 bits per heavy atom. The molecule has 124 valence electrons. The van der Waals surface area contributed by atoms with Crippen molar-refractivity contribution in [3.8, 4) is 0 Å². The lowest BCUT2D eigenvalue weighted by Crippen LogP contribution is -2.33. The minimum atomic E-state index is 0.0444. The molecule has 3 N–H and O–H groups in total. The van der Waals surface area contributed by atoms with Crippen molar-refractivity contribution >= 4 is 11.6 Å². The summed E-state index contributed by atoms with van der Waals surface area (Å²) in [6, 6.07) is 10.8. The summed E-state index contributed by atoms with van der Waals surface area (Å²) in [4.78, 5) is 12.4. The van der Waals surface area contributed by atoms with Crippen LogP contribution in [0.2, 0.25) is 0 Å². The summed E-state index contributed by atoms with van der Waals surface area (Å²) in [5, 5.41) is 10.3. The van der Waals surface area contributed by atoms with Gasteiger partial charge < -0.3 is 20.4 Å². The SMILES string of the molecule is O=C(NC1CC1)c1ccc2c(c1)C1NCCC1C(c1ccco1)N2. The number of rotatable bonds is 3. The molecule has 0 radical (unpaired) electrons. The third-order valence-electron chi connectivity index (χ3n) is 5.42. The van der Waals surface area contributed by atoms with Crippen LogP contribution in [0.1, 0.15) is 53.0 Å². The number of hydrogen-bond donors (Lipinski definition) is 3. The van der Waals surface area contributed by atoms with E-state index < -0.39 is 0 Å². The Bertz CT molecular complexity index is 767. The Morgan fingerprint density at radius 2 is 2.08 bits per heavy atom.